The first-order chi connectivity index (χ1) is 8.11. The average Bonchev–Trinajstić information content (AvgIpc) is 2.32. The number of rotatable bonds is 2. The number of anilines is 1. The largest absolute Gasteiger partial charge is 0.368 e. The Bertz CT molecular complexity index is 419. The molecular weight excluding hydrogens is 278 g/mol. The lowest BCUT2D eigenvalue weighted by molar-refractivity contribution is 0.112. The summed E-state index contributed by atoms with van der Waals surface area (Å²) in [5, 5.41) is 0. The molecule has 1 aromatic carbocycles. The number of aldehydes is 1. The van der Waals surface area contributed by atoms with Crippen LogP contribution in [0.2, 0.25) is 0 Å². The van der Waals surface area contributed by atoms with E-state index in [1.54, 1.807) is 0 Å². The standard InChI is InChI=1S/C14H18BrNO/c1-10-3-4-11(2)16(8-10)14-7-13(15)6-5-12(14)9-17/h5-7,9-11H,3-4,8H2,1-2H3. The minimum absolute atomic E-state index is 0.513. The molecule has 0 saturated carbocycles. The summed E-state index contributed by atoms with van der Waals surface area (Å²) in [7, 11) is 0. The van der Waals surface area contributed by atoms with E-state index < -0.39 is 0 Å². The van der Waals surface area contributed by atoms with Crippen molar-refractivity contribution in [2.24, 2.45) is 5.92 Å². The van der Waals surface area contributed by atoms with Crippen LogP contribution in [-0.2, 0) is 0 Å². The van der Waals surface area contributed by atoms with Crippen molar-refractivity contribution in [1.82, 2.24) is 0 Å². The van der Waals surface area contributed by atoms with Gasteiger partial charge in [-0.15, -0.1) is 0 Å². The second-order valence-electron chi connectivity index (χ2n) is 5.00. The molecule has 1 fully saturated rings. The smallest absolute Gasteiger partial charge is 0.152 e. The molecule has 0 amide bonds. The molecule has 2 nitrogen and oxygen atoms in total. The van der Waals surface area contributed by atoms with Crippen LogP contribution in [-0.4, -0.2) is 18.9 Å². The van der Waals surface area contributed by atoms with Gasteiger partial charge in [0.05, 0.1) is 0 Å². The normalized spacial score (nSPS) is 24.8. The topological polar surface area (TPSA) is 20.3 Å². The second kappa shape index (κ2) is 5.21. The molecule has 1 aliphatic rings. The van der Waals surface area contributed by atoms with Gasteiger partial charge in [-0.2, -0.15) is 0 Å². The molecule has 3 heteroatoms. The highest BCUT2D eigenvalue weighted by atomic mass is 79.9. The van der Waals surface area contributed by atoms with E-state index in [9.17, 15) is 4.79 Å². The molecule has 0 spiro atoms. The Hall–Kier alpha value is -0.830. The van der Waals surface area contributed by atoms with Gasteiger partial charge in [-0.25, -0.2) is 0 Å². The van der Waals surface area contributed by atoms with Gasteiger partial charge < -0.3 is 4.90 Å². The van der Waals surface area contributed by atoms with Crippen LogP contribution < -0.4 is 4.90 Å². The fourth-order valence-electron chi connectivity index (χ4n) is 2.49. The second-order valence-corrected chi connectivity index (χ2v) is 5.92. The van der Waals surface area contributed by atoms with E-state index in [0.29, 0.717) is 12.0 Å². The summed E-state index contributed by atoms with van der Waals surface area (Å²) < 4.78 is 1.03. The summed E-state index contributed by atoms with van der Waals surface area (Å²) in [4.78, 5) is 13.5. The number of halogens is 1. The molecule has 1 aromatic rings. The number of benzene rings is 1. The highest BCUT2D eigenvalue weighted by Gasteiger charge is 2.24. The Kier molecular flexibility index (Phi) is 3.87. The van der Waals surface area contributed by atoms with E-state index >= 15 is 0 Å². The lowest BCUT2D eigenvalue weighted by Crippen LogP contribution is -2.41. The lowest BCUT2D eigenvalue weighted by atomic mass is 9.94. The molecule has 0 N–H and O–H groups in total. The van der Waals surface area contributed by atoms with E-state index in [1.165, 1.54) is 12.8 Å². The molecule has 92 valence electrons. The van der Waals surface area contributed by atoms with E-state index in [1.807, 2.05) is 12.1 Å². The Balaban J connectivity index is 2.37. The van der Waals surface area contributed by atoms with Crippen molar-refractivity contribution in [3.63, 3.8) is 0 Å². The number of nitrogens with zero attached hydrogens (tertiary/aromatic N) is 1. The predicted octanol–water partition coefficient (Wildman–Crippen LogP) is 3.89. The van der Waals surface area contributed by atoms with Crippen molar-refractivity contribution >= 4 is 27.9 Å². The molecular formula is C14H18BrNO. The van der Waals surface area contributed by atoms with Crippen LogP contribution in [0.3, 0.4) is 0 Å². The molecule has 0 bridgehead atoms. The summed E-state index contributed by atoms with van der Waals surface area (Å²) in [5.74, 6) is 0.699. The zero-order chi connectivity index (χ0) is 12.4. The third kappa shape index (κ3) is 2.71. The first kappa shape index (κ1) is 12.6. The molecule has 0 aliphatic carbocycles. The maximum absolute atomic E-state index is 11.1. The van der Waals surface area contributed by atoms with Crippen molar-refractivity contribution in [2.45, 2.75) is 32.7 Å². The highest BCUT2D eigenvalue weighted by molar-refractivity contribution is 9.10. The molecule has 2 rings (SSSR count). The fourth-order valence-corrected chi connectivity index (χ4v) is 2.84. The zero-order valence-corrected chi connectivity index (χ0v) is 11.9. The fraction of sp³-hybridized carbons (Fsp3) is 0.500. The average molecular weight is 296 g/mol. The lowest BCUT2D eigenvalue weighted by Gasteiger charge is -2.39. The molecule has 2 unspecified atom stereocenters. The molecule has 1 heterocycles. The van der Waals surface area contributed by atoms with Crippen LogP contribution in [0.5, 0.6) is 0 Å². The third-order valence-corrected chi connectivity index (χ3v) is 4.04. The third-order valence-electron chi connectivity index (χ3n) is 3.55. The van der Waals surface area contributed by atoms with Crippen molar-refractivity contribution in [3.05, 3.63) is 28.2 Å². The summed E-state index contributed by atoms with van der Waals surface area (Å²) in [6, 6.07) is 6.38. The monoisotopic (exact) mass is 295 g/mol. The van der Waals surface area contributed by atoms with E-state index in [4.69, 9.17) is 0 Å². The van der Waals surface area contributed by atoms with Crippen molar-refractivity contribution in [1.29, 1.82) is 0 Å². The highest BCUT2D eigenvalue weighted by Crippen LogP contribution is 2.31. The van der Waals surface area contributed by atoms with Crippen molar-refractivity contribution < 1.29 is 4.79 Å². The maximum atomic E-state index is 11.1. The van der Waals surface area contributed by atoms with Gasteiger partial charge in [0.15, 0.2) is 6.29 Å². The van der Waals surface area contributed by atoms with Gasteiger partial charge in [-0.1, -0.05) is 22.9 Å². The van der Waals surface area contributed by atoms with Crippen molar-refractivity contribution in [2.75, 3.05) is 11.4 Å². The van der Waals surface area contributed by atoms with E-state index in [0.717, 1.165) is 28.6 Å². The van der Waals surface area contributed by atoms with Gasteiger partial charge in [0.25, 0.3) is 0 Å². The van der Waals surface area contributed by atoms with Gasteiger partial charge in [0, 0.05) is 28.3 Å². The number of carbonyl (C=O) groups excluding carboxylic acids is 1. The quantitative estimate of drug-likeness (QED) is 0.772. The van der Waals surface area contributed by atoms with Crippen LogP contribution in [0.1, 0.15) is 37.0 Å². The number of piperidine rings is 1. The van der Waals surface area contributed by atoms with Gasteiger partial charge in [0.1, 0.15) is 0 Å². The van der Waals surface area contributed by atoms with E-state index in [-0.39, 0.29) is 0 Å². The minimum Gasteiger partial charge on any atom is -0.368 e. The summed E-state index contributed by atoms with van der Waals surface area (Å²) >= 11 is 3.48. The number of carbonyl (C=O) groups is 1. The van der Waals surface area contributed by atoms with Crippen LogP contribution in [0.15, 0.2) is 22.7 Å². The molecule has 1 aliphatic heterocycles. The van der Waals surface area contributed by atoms with Gasteiger partial charge >= 0.3 is 0 Å². The van der Waals surface area contributed by atoms with Crippen LogP contribution >= 0.6 is 15.9 Å². The Morgan fingerprint density at radius 2 is 2.12 bits per heavy atom. The van der Waals surface area contributed by atoms with Gasteiger partial charge in [0.2, 0.25) is 0 Å². The van der Waals surface area contributed by atoms with Gasteiger partial charge in [-0.05, 0) is 43.9 Å². The van der Waals surface area contributed by atoms with E-state index in [2.05, 4.69) is 40.7 Å². The number of hydrogen-bond acceptors (Lipinski definition) is 2. The molecule has 17 heavy (non-hydrogen) atoms. The summed E-state index contributed by atoms with van der Waals surface area (Å²) in [6.07, 6.45) is 3.43. The molecule has 0 aromatic heterocycles. The Morgan fingerprint density at radius 3 is 2.82 bits per heavy atom. The van der Waals surface area contributed by atoms with Crippen LogP contribution in [0, 0.1) is 5.92 Å². The predicted molar refractivity (Wildman–Crippen MR) is 74.7 cm³/mol. The number of hydrogen-bond donors (Lipinski definition) is 0. The summed E-state index contributed by atoms with van der Waals surface area (Å²) in [6.45, 7) is 5.55. The Labute approximate surface area is 111 Å². The first-order valence-corrected chi connectivity index (χ1v) is 6.92. The van der Waals surface area contributed by atoms with Crippen LogP contribution in [0.25, 0.3) is 0 Å². The van der Waals surface area contributed by atoms with Crippen LogP contribution in [0.4, 0.5) is 5.69 Å². The SMILES string of the molecule is CC1CCC(C)N(c2cc(Br)ccc2C=O)C1. The maximum Gasteiger partial charge on any atom is 0.152 e. The molecule has 2 atom stereocenters. The molecule has 0 radical (unpaired) electrons. The minimum atomic E-state index is 0.513. The van der Waals surface area contributed by atoms with Crippen molar-refractivity contribution in [3.8, 4) is 0 Å². The summed E-state index contributed by atoms with van der Waals surface area (Å²) in [5.41, 5.74) is 1.85. The Morgan fingerprint density at radius 1 is 1.35 bits per heavy atom. The zero-order valence-electron chi connectivity index (χ0n) is 10.3. The molecule has 1 saturated heterocycles. The first-order valence-electron chi connectivity index (χ1n) is 6.13. The van der Waals surface area contributed by atoms with Gasteiger partial charge in [-0.3, -0.25) is 4.79 Å².